The SMILES string of the molecule is C[C@H](NC(=O)CCc1ncc(-c2ccccc2)o1)c1ccccc1. The normalized spacial score (nSPS) is 11.9. The fourth-order valence-electron chi connectivity index (χ4n) is 2.52. The van der Waals surface area contributed by atoms with Gasteiger partial charge in [0.15, 0.2) is 11.7 Å². The molecule has 0 radical (unpaired) electrons. The highest BCUT2D eigenvalue weighted by Crippen LogP contribution is 2.20. The van der Waals surface area contributed by atoms with Gasteiger partial charge in [-0.3, -0.25) is 4.79 Å². The number of aryl methyl sites for hydroxylation is 1. The summed E-state index contributed by atoms with van der Waals surface area (Å²) in [6.45, 7) is 1.98. The third-order valence-corrected chi connectivity index (χ3v) is 3.85. The lowest BCUT2D eigenvalue weighted by Gasteiger charge is -2.13. The minimum absolute atomic E-state index is 0.00851. The van der Waals surface area contributed by atoms with Crippen molar-refractivity contribution >= 4 is 5.91 Å². The van der Waals surface area contributed by atoms with Crippen LogP contribution in [0.3, 0.4) is 0 Å². The molecule has 3 rings (SSSR count). The smallest absolute Gasteiger partial charge is 0.220 e. The predicted molar refractivity (Wildman–Crippen MR) is 93.3 cm³/mol. The van der Waals surface area contributed by atoms with Gasteiger partial charge >= 0.3 is 0 Å². The third-order valence-electron chi connectivity index (χ3n) is 3.85. The van der Waals surface area contributed by atoms with Gasteiger partial charge in [-0.15, -0.1) is 0 Å². The van der Waals surface area contributed by atoms with E-state index < -0.39 is 0 Å². The minimum atomic E-state index is -0.0110. The van der Waals surface area contributed by atoms with Crippen LogP contribution < -0.4 is 5.32 Å². The van der Waals surface area contributed by atoms with E-state index in [9.17, 15) is 4.79 Å². The van der Waals surface area contributed by atoms with E-state index in [1.54, 1.807) is 6.20 Å². The highest BCUT2D eigenvalue weighted by molar-refractivity contribution is 5.76. The molecule has 1 heterocycles. The lowest BCUT2D eigenvalue weighted by atomic mass is 10.1. The summed E-state index contributed by atoms with van der Waals surface area (Å²) in [5, 5.41) is 3.00. The van der Waals surface area contributed by atoms with Gasteiger partial charge in [0.05, 0.1) is 12.2 Å². The third kappa shape index (κ3) is 4.10. The summed E-state index contributed by atoms with van der Waals surface area (Å²) in [6, 6.07) is 19.7. The van der Waals surface area contributed by atoms with Crippen LogP contribution in [0.2, 0.25) is 0 Å². The molecule has 0 fully saturated rings. The Morgan fingerprint density at radius 1 is 1.08 bits per heavy atom. The summed E-state index contributed by atoms with van der Waals surface area (Å²) in [4.78, 5) is 16.4. The van der Waals surface area contributed by atoms with Crippen molar-refractivity contribution in [1.82, 2.24) is 10.3 Å². The number of rotatable bonds is 6. The molecule has 0 aliphatic rings. The van der Waals surface area contributed by atoms with E-state index in [0.29, 0.717) is 18.7 Å². The second-order valence-corrected chi connectivity index (χ2v) is 5.68. The first-order chi connectivity index (χ1) is 11.7. The maximum atomic E-state index is 12.1. The Morgan fingerprint density at radius 3 is 2.46 bits per heavy atom. The molecule has 0 spiro atoms. The molecule has 24 heavy (non-hydrogen) atoms. The number of nitrogens with zero attached hydrogens (tertiary/aromatic N) is 1. The number of oxazole rings is 1. The van der Waals surface area contributed by atoms with Crippen LogP contribution in [0, 0.1) is 0 Å². The van der Waals surface area contributed by atoms with Crippen molar-refractivity contribution in [3.8, 4) is 11.3 Å². The Morgan fingerprint density at radius 2 is 1.75 bits per heavy atom. The van der Waals surface area contributed by atoms with Gasteiger partial charge in [0.25, 0.3) is 0 Å². The van der Waals surface area contributed by atoms with E-state index in [2.05, 4.69) is 10.3 Å². The monoisotopic (exact) mass is 320 g/mol. The van der Waals surface area contributed by atoms with Crippen LogP contribution in [0.4, 0.5) is 0 Å². The van der Waals surface area contributed by atoms with Gasteiger partial charge in [0.2, 0.25) is 5.91 Å². The summed E-state index contributed by atoms with van der Waals surface area (Å²) in [6.07, 6.45) is 2.54. The van der Waals surface area contributed by atoms with Gasteiger partial charge in [-0.05, 0) is 12.5 Å². The summed E-state index contributed by atoms with van der Waals surface area (Å²) in [7, 11) is 0. The minimum Gasteiger partial charge on any atom is -0.441 e. The second kappa shape index (κ2) is 7.59. The van der Waals surface area contributed by atoms with E-state index in [1.165, 1.54) is 0 Å². The van der Waals surface area contributed by atoms with Crippen molar-refractivity contribution in [2.75, 3.05) is 0 Å². The second-order valence-electron chi connectivity index (χ2n) is 5.68. The van der Waals surface area contributed by atoms with Crippen molar-refractivity contribution in [3.63, 3.8) is 0 Å². The average Bonchev–Trinajstić information content (AvgIpc) is 3.10. The molecule has 2 aromatic carbocycles. The number of amides is 1. The maximum Gasteiger partial charge on any atom is 0.220 e. The van der Waals surface area contributed by atoms with E-state index >= 15 is 0 Å². The number of hydrogen-bond donors (Lipinski definition) is 1. The number of carbonyl (C=O) groups is 1. The van der Waals surface area contributed by atoms with E-state index in [0.717, 1.165) is 16.9 Å². The van der Waals surface area contributed by atoms with E-state index in [4.69, 9.17) is 4.42 Å². The summed E-state index contributed by atoms with van der Waals surface area (Å²) >= 11 is 0. The molecule has 1 N–H and O–H groups in total. The topological polar surface area (TPSA) is 55.1 Å². The number of carbonyl (C=O) groups excluding carboxylic acids is 1. The summed E-state index contributed by atoms with van der Waals surface area (Å²) < 4.78 is 5.72. The fourth-order valence-corrected chi connectivity index (χ4v) is 2.52. The first-order valence-corrected chi connectivity index (χ1v) is 8.07. The molecule has 0 unspecified atom stereocenters. The standard InChI is InChI=1S/C20H20N2O2/c1-15(16-8-4-2-5-9-16)22-19(23)12-13-20-21-14-18(24-20)17-10-6-3-7-11-17/h2-11,14-15H,12-13H2,1H3,(H,22,23)/t15-/m0/s1. The van der Waals surface area contributed by atoms with Crippen LogP contribution in [-0.4, -0.2) is 10.9 Å². The lowest BCUT2D eigenvalue weighted by molar-refractivity contribution is -0.121. The summed E-state index contributed by atoms with van der Waals surface area (Å²) in [5.41, 5.74) is 2.08. The molecule has 3 aromatic rings. The van der Waals surface area contributed by atoms with Crippen molar-refractivity contribution in [3.05, 3.63) is 78.3 Å². The number of aromatic nitrogens is 1. The Hall–Kier alpha value is -2.88. The first kappa shape index (κ1) is 16.0. The van der Waals surface area contributed by atoms with E-state index in [1.807, 2.05) is 67.6 Å². The molecule has 122 valence electrons. The van der Waals surface area contributed by atoms with Crippen LogP contribution in [0.15, 0.2) is 71.3 Å². The molecule has 0 saturated carbocycles. The number of nitrogens with one attached hydrogen (secondary N) is 1. The molecule has 0 aliphatic carbocycles. The summed E-state index contributed by atoms with van der Waals surface area (Å²) in [5.74, 6) is 1.30. The number of hydrogen-bond acceptors (Lipinski definition) is 3. The molecule has 0 aliphatic heterocycles. The van der Waals surface area contributed by atoms with Crippen molar-refractivity contribution in [2.45, 2.75) is 25.8 Å². The Balaban J connectivity index is 1.53. The molecule has 4 heteroatoms. The first-order valence-electron chi connectivity index (χ1n) is 8.07. The van der Waals surface area contributed by atoms with Gasteiger partial charge in [-0.25, -0.2) is 4.98 Å². The van der Waals surface area contributed by atoms with Crippen LogP contribution in [0.25, 0.3) is 11.3 Å². The quantitative estimate of drug-likeness (QED) is 0.742. The zero-order chi connectivity index (χ0) is 16.8. The Bertz CT molecular complexity index is 782. The highest BCUT2D eigenvalue weighted by Gasteiger charge is 2.11. The molecule has 1 atom stereocenters. The molecule has 1 aromatic heterocycles. The van der Waals surface area contributed by atoms with E-state index in [-0.39, 0.29) is 11.9 Å². The average molecular weight is 320 g/mol. The van der Waals surface area contributed by atoms with Gasteiger partial charge in [0.1, 0.15) is 0 Å². The Kier molecular flexibility index (Phi) is 5.06. The Labute approximate surface area is 141 Å². The largest absolute Gasteiger partial charge is 0.441 e. The van der Waals surface area contributed by atoms with Gasteiger partial charge in [-0.2, -0.15) is 0 Å². The molecule has 1 amide bonds. The van der Waals surface area contributed by atoms with Crippen molar-refractivity contribution in [2.24, 2.45) is 0 Å². The van der Waals surface area contributed by atoms with Crippen LogP contribution in [0.5, 0.6) is 0 Å². The zero-order valence-electron chi connectivity index (χ0n) is 13.6. The van der Waals surface area contributed by atoms with Crippen LogP contribution in [-0.2, 0) is 11.2 Å². The highest BCUT2D eigenvalue weighted by atomic mass is 16.4. The van der Waals surface area contributed by atoms with Crippen LogP contribution >= 0.6 is 0 Å². The van der Waals surface area contributed by atoms with Gasteiger partial charge in [-0.1, -0.05) is 60.7 Å². The van der Waals surface area contributed by atoms with Gasteiger partial charge in [0, 0.05) is 18.4 Å². The fraction of sp³-hybridized carbons (Fsp3) is 0.200. The van der Waals surface area contributed by atoms with Crippen molar-refractivity contribution < 1.29 is 9.21 Å². The molecular formula is C20H20N2O2. The lowest BCUT2D eigenvalue weighted by Crippen LogP contribution is -2.26. The molecule has 0 bridgehead atoms. The predicted octanol–water partition coefficient (Wildman–Crippen LogP) is 4.15. The number of benzene rings is 2. The molecule has 0 saturated heterocycles. The van der Waals surface area contributed by atoms with Gasteiger partial charge < -0.3 is 9.73 Å². The zero-order valence-corrected chi connectivity index (χ0v) is 13.6. The van der Waals surface area contributed by atoms with Crippen molar-refractivity contribution in [1.29, 1.82) is 0 Å². The molecule has 4 nitrogen and oxygen atoms in total. The maximum absolute atomic E-state index is 12.1. The van der Waals surface area contributed by atoms with Crippen LogP contribution in [0.1, 0.15) is 30.8 Å². The molecular weight excluding hydrogens is 300 g/mol.